The van der Waals surface area contributed by atoms with Crippen LogP contribution in [0.25, 0.3) is 11.0 Å². The summed E-state index contributed by atoms with van der Waals surface area (Å²) in [6.07, 6.45) is 3.00. The van der Waals surface area contributed by atoms with Crippen molar-refractivity contribution in [2.24, 2.45) is 0 Å². The molecule has 3 aromatic rings. The number of anilines is 2. The summed E-state index contributed by atoms with van der Waals surface area (Å²) in [5.41, 5.74) is 1.32. The van der Waals surface area contributed by atoms with Crippen LogP contribution in [-0.4, -0.2) is 95.2 Å². The molecule has 0 atom stereocenters. The van der Waals surface area contributed by atoms with Crippen LogP contribution in [0.15, 0.2) is 6.20 Å². The number of nitrogens with one attached hydrogen (secondary N) is 1. The number of ether oxygens (including phenoxy) is 2. The average Bonchev–Trinajstić information content (AvgIpc) is 3.25. The predicted molar refractivity (Wildman–Crippen MR) is 128 cm³/mol. The number of nitrogens with zero attached hydrogens (tertiary/aromatic N) is 6. The van der Waals surface area contributed by atoms with Gasteiger partial charge in [-0.2, -0.15) is 10.1 Å². The summed E-state index contributed by atoms with van der Waals surface area (Å²) in [6, 6.07) is 0.0711. The average molecular weight is 449 g/mol. The van der Waals surface area contributed by atoms with Crippen molar-refractivity contribution in [2.45, 2.75) is 41.8 Å². The number of rotatable bonds is 1. The van der Waals surface area contributed by atoms with Crippen LogP contribution < -0.4 is 10.1 Å². The third kappa shape index (κ3) is 3.33. The fourth-order valence-electron chi connectivity index (χ4n) is 4.02. The van der Waals surface area contributed by atoms with E-state index >= 15 is 0 Å². The molecule has 0 unspecified atom stereocenters. The molecule has 0 aromatic carbocycles. The van der Waals surface area contributed by atoms with Crippen LogP contribution in [0.3, 0.4) is 0 Å². The predicted octanol–water partition coefficient (Wildman–Crippen LogP) is -0.137. The number of hydrogen-bond acceptors (Lipinski definition) is 7. The molecule has 1 saturated heterocycles. The molecule has 2 aliphatic rings. The van der Waals surface area contributed by atoms with Crippen molar-refractivity contribution in [1.82, 2.24) is 29.5 Å². The van der Waals surface area contributed by atoms with Gasteiger partial charge in [0.2, 0.25) is 5.95 Å². The first-order chi connectivity index (χ1) is 15.4. The molecule has 5 heterocycles. The quantitative estimate of drug-likeness (QED) is 0.518. The van der Waals surface area contributed by atoms with E-state index in [0.717, 1.165) is 23.2 Å². The zero-order chi connectivity index (χ0) is 23.8. The van der Waals surface area contributed by atoms with E-state index in [-0.39, 0.29) is 28.7 Å². The zero-order valence-electron chi connectivity index (χ0n) is 17.8. The van der Waals surface area contributed by atoms with Gasteiger partial charge in [0.15, 0.2) is 10.8 Å². The molecule has 1 fully saturated rings. The van der Waals surface area contributed by atoms with E-state index in [4.69, 9.17) is 68.2 Å². The van der Waals surface area contributed by atoms with Gasteiger partial charge in [0.25, 0.3) is 5.88 Å². The highest BCUT2D eigenvalue weighted by Crippen LogP contribution is 2.46. The highest BCUT2D eigenvalue weighted by atomic mass is 35.5. The van der Waals surface area contributed by atoms with Crippen LogP contribution in [0.2, 0.25) is 10.4 Å². The van der Waals surface area contributed by atoms with E-state index in [2.05, 4.69) is 25.5 Å². The second-order valence-electron chi connectivity index (χ2n) is 8.40. The maximum Gasteiger partial charge on any atom is 0.256 e. The van der Waals surface area contributed by atoms with Crippen LogP contribution in [0, 0.1) is 6.92 Å². The molecular formula is C17H14B6ClN7O2. The largest absolute Gasteiger partial charge is 0.490 e. The Morgan fingerprint density at radius 2 is 1.82 bits per heavy atom. The Bertz CT molecular complexity index is 1240. The Morgan fingerprint density at radius 1 is 1.12 bits per heavy atom. The third-order valence-corrected chi connectivity index (χ3v) is 6.48. The minimum atomic E-state index is -2.32. The van der Waals surface area contributed by atoms with Crippen molar-refractivity contribution in [1.29, 1.82) is 0 Å². The Labute approximate surface area is 203 Å². The number of fused-ring (bicyclic) bond motifs is 2. The summed E-state index contributed by atoms with van der Waals surface area (Å²) < 4.78 is 14.2. The fourth-order valence-corrected chi connectivity index (χ4v) is 4.23. The molecule has 16 heteroatoms. The molecular weight excluding hydrogens is 435 g/mol. The van der Waals surface area contributed by atoms with Gasteiger partial charge in [-0.05, 0) is 25.1 Å². The van der Waals surface area contributed by atoms with E-state index in [0.29, 0.717) is 24.3 Å². The monoisotopic (exact) mass is 449 g/mol. The lowest BCUT2D eigenvalue weighted by Crippen LogP contribution is -2.63. The smallest absolute Gasteiger partial charge is 0.256 e. The second kappa shape index (κ2) is 7.50. The van der Waals surface area contributed by atoms with Gasteiger partial charge in [0, 0.05) is 24.8 Å². The van der Waals surface area contributed by atoms with Gasteiger partial charge in [-0.1, -0.05) is 16.8 Å². The summed E-state index contributed by atoms with van der Waals surface area (Å²) >= 11 is 6.24. The third-order valence-electron chi connectivity index (χ3n) is 6.20. The van der Waals surface area contributed by atoms with Crippen molar-refractivity contribution in [3.63, 3.8) is 0 Å². The zero-order valence-corrected chi connectivity index (χ0v) is 18.6. The lowest BCUT2D eigenvalue weighted by atomic mass is 9.23. The van der Waals surface area contributed by atoms with Crippen LogP contribution in [0.4, 0.5) is 11.6 Å². The first kappa shape index (κ1) is 22.8. The summed E-state index contributed by atoms with van der Waals surface area (Å²) in [7, 11) is 38.0. The molecule has 0 amide bonds. The molecule has 0 spiro atoms. The SMILES string of the molecule is [B]C1([B])Oc2nn(C3CCOCC3)c(C)c2Nc2ncc3c(Cl)nn(c3n2)C([B])([B])C1([B])[B]. The summed E-state index contributed by atoms with van der Waals surface area (Å²) in [5, 5.41) is 5.44. The first-order valence-electron chi connectivity index (χ1n) is 10.2. The van der Waals surface area contributed by atoms with Gasteiger partial charge in [0.1, 0.15) is 21.4 Å². The molecule has 0 aliphatic carbocycles. The summed E-state index contributed by atoms with van der Waals surface area (Å²) in [6.45, 7) is 3.09. The van der Waals surface area contributed by atoms with Gasteiger partial charge in [0.05, 0.1) is 48.5 Å². The van der Waals surface area contributed by atoms with E-state index < -0.39 is 16.0 Å². The first-order valence-corrected chi connectivity index (χ1v) is 10.6. The molecule has 3 aromatic heterocycles. The highest BCUT2D eigenvalue weighted by Gasteiger charge is 2.50. The molecule has 9 nitrogen and oxygen atoms in total. The minimum absolute atomic E-state index is 0.0290. The molecule has 2 aliphatic heterocycles. The standard InChI is InChI=1S/C17H14B6ClN7O2/c1-7-10-13(29-30(7)8-2-4-32-5-3-8)33-17(22,23)15(18,19)16(20,21)31-12-9(11(24)28-31)6-25-14(26-10)27-12/h6,8H,2-5H2,1H3,(H,25,26,27). The Hall–Kier alpha value is -2.00. The van der Waals surface area contributed by atoms with Crippen LogP contribution in [0.5, 0.6) is 5.88 Å². The normalized spacial score (nSPS) is 21.6. The molecule has 154 valence electrons. The number of hydrogen-bond donors (Lipinski definition) is 1. The van der Waals surface area contributed by atoms with Gasteiger partial charge >= 0.3 is 0 Å². The molecule has 33 heavy (non-hydrogen) atoms. The second-order valence-corrected chi connectivity index (χ2v) is 8.76. The van der Waals surface area contributed by atoms with Gasteiger partial charge in [-0.25, -0.2) is 4.98 Å². The summed E-state index contributed by atoms with van der Waals surface area (Å²) in [4.78, 5) is 8.79. The van der Waals surface area contributed by atoms with Crippen molar-refractivity contribution >= 4 is 81.3 Å². The Morgan fingerprint density at radius 3 is 2.52 bits per heavy atom. The number of aromatic nitrogens is 6. The topological polar surface area (TPSA) is 91.9 Å². The van der Waals surface area contributed by atoms with E-state index in [1.165, 1.54) is 6.20 Å². The lowest BCUT2D eigenvalue weighted by Gasteiger charge is -2.54. The van der Waals surface area contributed by atoms with Crippen LogP contribution in [0.1, 0.15) is 24.6 Å². The Balaban J connectivity index is 1.75. The maximum absolute atomic E-state index is 6.36. The van der Waals surface area contributed by atoms with Gasteiger partial charge in [-0.3, -0.25) is 9.36 Å². The lowest BCUT2D eigenvalue weighted by molar-refractivity contribution is 0.0649. The Kier molecular flexibility index (Phi) is 5.18. The van der Waals surface area contributed by atoms with Crippen molar-refractivity contribution in [3.8, 4) is 5.88 Å². The highest BCUT2D eigenvalue weighted by molar-refractivity contribution is 6.60. The van der Waals surface area contributed by atoms with E-state index in [1.807, 2.05) is 11.6 Å². The van der Waals surface area contributed by atoms with Gasteiger partial charge in [-0.15, -0.1) is 5.10 Å². The molecule has 0 saturated carbocycles. The van der Waals surface area contributed by atoms with E-state index in [9.17, 15) is 0 Å². The van der Waals surface area contributed by atoms with E-state index in [1.54, 1.807) is 0 Å². The maximum atomic E-state index is 6.36. The van der Waals surface area contributed by atoms with Crippen LogP contribution in [-0.2, 0) is 10.1 Å². The van der Waals surface area contributed by atoms with Crippen molar-refractivity contribution in [3.05, 3.63) is 17.0 Å². The summed E-state index contributed by atoms with van der Waals surface area (Å²) in [5.74, 6) is 0.207. The molecule has 12 radical (unpaired) electrons. The number of halogens is 1. The molecule has 2 bridgehead atoms. The van der Waals surface area contributed by atoms with Crippen LogP contribution >= 0.6 is 11.6 Å². The molecule has 5 rings (SSSR count). The fraction of sp³-hybridized carbons (Fsp3) is 0.529. The van der Waals surface area contributed by atoms with Crippen molar-refractivity contribution in [2.75, 3.05) is 18.5 Å². The molecule has 1 N–H and O–H groups in total. The minimum Gasteiger partial charge on any atom is -0.490 e. The van der Waals surface area contributed by atoms with Crippen molar-refractivity contribution < 1.29 is 9.47 Å². The van der Waals surface area contributed by atoms with Gasteiger partial charge < -0.3 is 14.8 Å².